The highest BCUT2D eigenvalue weighted by atomic mass is 35.5. The van der Waals surface area contributed by atoms with Crippen molar-refractivity contribution in [2.24, 2.45) is 0 Å². The molecule has 0 aliphatic carbocycles. The summed E-state index contributed by atoms with van der Waals surface area (Å²) in [6, 6.07) is 4.00. The molecular weight excluding hydrogens is 365 g/mol. The number of aromatic nitrogens is 2. The van der Waals surface area contributed by atoms with Crippen LogP contribution in [-0.2, 0) is 6.18 Å². The number of nitrogens with one attached hydrogen (secondary N) is 2. The average molecular weight is 385 g/mol. The van der Waals surface area contributed by atoms with E-state index in [1.165, 1.54) is 11.1 Å². The summed E-state index contributed by atoms with van der Waals surface area (Å²) in [6.07, 6.45) is -1.67. The predicted molar refractivity (Wildman–Crippen MR) is 96.1 cm³/mol. The molecule has 0 atom stereocenters. The average Bonchev–Trinajstić information content (AvgIpc) is 2.59. The summed E-state index contributed by atoms with van der Waals surface area (Å²) in [5.41, 5.74) is 3.25. The molecule has 1 aromatic heterocycles. The fourth-order valence-corrected chi connectivity index (χ4v) is 3.52. The lowest BCUT2D eigenvalue weighted by atomic mass is 9.85. The summed E-state index contributed by atoms with van der Waals surface area (Å²) in [6.45, 7) is 6.08. The molecule has 1 aromatic carbocycles. The van der Waals surface area contributed by atoms with Gasteiger partial charge in [0.05, 0.1) is 0 Å². The first-order valence-corrected chi connectivity index (χ1v) is 8.82. The van der Waals surface area contributed by atoms with Crippen LogP contribution in [0, 0.1) is 13.8 Å². The summed E-state index contributed by atoms with van der Waals surface area (Å²) < 4.78 is 38.3. The van der Waals surface area contributed by atoms with Crippen LogP contribution in [0.5, 0.6) is 0 Å². The van der Waals surface area contributed by atoms with Crippen LogP contribution >= 0.6 is 11.6 Å². The Labute approximate surface area is 155 Å². The SMILES string of the molecule is Cc1c(Nc2ncc(C(F)(F)F)c(Cl)n2)ccc(C2CCNCC2)c1C. The van der Waals surface area contributed by atoms with Crippen molar-refractivity contribution in [2.75, 3.05) is 18.4 Å². The fraction of sp³-hybridized carbons (Fsp3) is 0.444. The van der Waals surface area contributed by atoms with Crippen molar-refractivity contribution in [2.45, 2.75) is 38.8 Å². The molecule has 4 nitrogen and oxygen atoms in total. The molecule has 26 heavy (non-hydrogen) atoms. The molecule has 0 amide bonds. The van der Waals surface area contributed by atoms with Gasteiger partial charge in [-0.15, -0.1) is 0 Å². The van der Waals surface area contributed by atoms with Gasteiger partial charge in [-0.3, -0.25) is 0 Å². The van der Waals surface area contributed by atoms with Gasteiger partial charge in [0.2, 0.25) is 5.95 Å². The van der Waals surface area contributed by atoms with Gasteiger partial charge in [-0.05, 0) is 68.5 Å². The van der Waals surface area contributed by atoms with Crippen molar-refractivity contribution in [3.8, 4) is 0 Å². The first-order valence-electron chi connectivity index (χ1n) is 8.45. The van der Waals surface area contributed by atoms with E-state index in [-0.39, 0.29) is 5.95 Å². The maximum atomic E-state index is 12.8. The van der Waals surface area contributed by atoms with E-state index in [0.29, 0.717) is 12.1 Å². The van der Waals surface area contributed by atoms with Crippen LogP contribution in [0.2, 0.25) is 5.15 Å². The van der Waals surface area contributed by atoms with Crippen LogP contribution in [-0.4, -0.2) is 23.1 Å². The third-order valence-electron chi connectivity index (χ3n) is 4.90. The number of benzene rings is 1. The van der Waals surface area contributed by atoms with Gasteiger partial charge in [0, 0.05) is 11.9 Å². The zero-order chi connectivity index (χ0) is 18.9. The predicted octanol–water partition coefficient (Wildman–Crippen LogP) is 4.98. The van der Waals surface area contributed by atoms with Gasteiger partial charge in [-0.2, -0.15) is 13.2 Å². The van der Waals surface area contributed by atoms with Crippen LogP contribution < -0.4 is 10.6 Å². The molecule has 1 aliphatic rings. The second-order valence-electron chi connectivity index (χ2n) is 6.50. The molecule has 1 aliphatic heterocycles. The van der Waals surface area contributed by atoms with Gasteiger partial charge >= 0.3 is 6.18 Å². The molecule has 2 aromatic rings. The Balaban J connectivity index is 1.84. The molecule has 0 radical (unpaired) electrons. The summed E-state index contributed by atoms with van der Waals surface area (Å²) >= 11 is 5.66. The first kappa shape index (κ1) is 18.9. The van der Waals surface area contributed by atoms with Crippen molar-refractivity contribution in [3.63, 3.8) is 0 Å². The molecule has 140 valence electrons. The van der Waals surface area contributed by atoms with Crippen molar-refractivity contribution < 1.29 is 13.2 Å². The number of alkyl halides is 3. The van der Waals surface area contributed by atoms with Crippen LogP contribution in [0.15, 0.2) is 18.3 Å². The molecule has 2 heterocycles. The van der Waals surface area contributed by atoms with E-state index in [2.05, 4.69) is 33.6 Å². The Morgan fingerprint density at radius 3 is 2.46 bits per heavy atom. The molecule has 0 saturated carbocycles. The van der Waals surface area contributed by atoms with E-state index in [0.717, 1.165) is 37.2 Å². The topological polar surface area (TPSA) is 49.8 Å². The maximum absolute atomic E-state index is 12.8. The van der Waals surface area contributed by atoms with E-state index in [1.807, 2.05) is 13.0 Å². The fourth-order valence-electron chi connectivity index (χ4n) is 3.28. The number of hydrogen-bond acceptors (Lipinski definition) is 4. The maximum Gasteiger partial charge on any atom is 0.420 e. The number of piperidine rings is 1. The molecule has 1 saturated heterocycles. The summed E-state index contributed by atoms with van der Waals surface area (Å²) in [4.78, 5) is 7.48. The third kappa shape index (κ3) is 3.94. The molecule has 1 fully saturated rings. The zero-order valence-electron chi connectivity index (χ0n) is 14.5. The van der Waals surface area contributed by atoms with Crippen LogP contribution in [0.25, 0.3) is 0 Å². The molecular formula is C18H20ClF3N4. The lowest BCUT2D eigenvalue weighted by Crippen LogP contribution is -2.27. The molecule has 8 heteroatoms. The Morgan fingerprint density at radius 1 is 1.15 bits per heavy atom. The van der Waals surface area contributed by atoms with Crippen molar-refractivity contribution in [3.05, 3.63) is 45.7 Å². The molecule has 0 spiro atoms. The molecule has 0 unspecified atom stereocenters. The minimum atomic E-state index is -4.57. The van der Waals surface area contributed by atoms with Gasteiger partial charge in [0.15, 0.2) is 0 Å². The van der Waals surface area contributed by atoms with Crippen LogP contribution in [0.4, 0.5) is 24.8 Å². The van der Waals surface area contributed by atoms with Gasteiger partial charge in [0.25, 0.3) is 0 Å². The standard InChI is InChI=1S/C18H20ClF3N4/c1-10-11(2)15(4-3-13(10)12-5-7-23-8-6-12)25-17-24-9-14(16(19)26-17)18(20,21)22/h3-4,9,12,23H,5-8H2,1-2H3,(H,24,25,26). The third-order valence-corrected chi connectivity index (χ3v) is 5.19. The highest BCUT2D eigenvalue weighted by molar-refractivity contribution is 6.30. The lowest BCUT2D eigenvalue weighted by Gasteiger charge is -2.26. The Hall–Kier alpha value is -1.86. The lowest BCUT2D eigenvalue weighted by molar-refractivity contribution is -0.137. The molecule has 2 N–H and O–H groups in total. The molecule has 3 rings (SSSR count). The number of anilines is 2. The van der Waals surface area contributed by atoms with Gasteiger partial charge in [-0.1, -0.05) is 17.7 Å². The summed E-state index contributed by atoms with van der Waals surface area (Å²) in [7, 11) is 0. The quantitative estimate of drug-likeness (QED) is 0.733. The van der Waals surface area contributed by atoms with Gasteiger partial charge in [0.1, 0.15) is 10.7 Å². The normalized spacial score (nSPS) is 15.9. The highest BCUT2D eigenvalue weighted by Gasteiger charge is 2.34. The van der Waals surface area contributed by atoms with E-state index < -0.39 is 16.9 Å². The second-order valence-corrected chi connectivity index (χ2v) is 6.86. The number of rotatable bonds is 3. The summed E-state index contributed by atoms with van der Waals surface area (Å²) in [5, 5.41) is 5.72. The second kappa shape index (κ2) is 7.40. The monoisotopic (exact) mass is 384 g/mol. The Kier molecular flexibility index (Phi) is 5.39. The number of hydrogen-bond donors (Lipinski definition) is 2. The Morgan fingerprint density at radius 2 is 1.85 bits per heavy atom. The van der Waals surface area contributed by atoms with Crippen molar-refractivity contribution in [1.29, 1.82) is 0 Å². The number of nitrogens with zero attached hydrogens (tertiary/aromatic N) is 2. The molecule has 0 bridgehead atoms. The van der Waals surface area contributed by atoms with E-state index in [9.17, 15) is 13.2 Å². The van der Waals surface area contributed by atoms with E-state index in [4.69, 9.17) is 11.6 Å². The minimum Gasteiger partial charge on any atom is -0.324 e. The van der Waals surface area contributed by atoms with E-state index >= 15 is 0 Å². The summed E-state index contributed by atoms with van der Waals surface area (Å²) in [5.74, 6) is 0.570. The minimum absolute atomic E-state index is 0.0418. The highest BCUT2D eigenvalue weighted by Crippen LogP contribution is 2.35. The smallest absolute Gasteiger partial charge is 0.324 e. The van der Waals surface area contributed by atoms with Gasteiger partial charge < -0.3 is 10.6 Å². The van der Waals surface area contributed by atoms with Crippen LogP contribution in [0.3, 0.4) is 0 Å². The van der Waals surface area contributed by atoms with Gasteiger partial charge in [-0.25, -0.2) is 9.97 Å². The zero-order valence-corrected chi connectivity index (χ0v) is 15.3. The Bertz CT molecular complexity index is 802. The van der Waals surface area contributed by atoms with E-state index in [1.54, 1.807) is 0 Å². The largest absolute Gasteiger partial charge is 0.420 e. The van der Waals surface area contributed by atoms with Crippen LogP contribution in [0.1, 0.15) is 41.0 Å². The first-order chi connectivity index (χ1) is 12.3. The van der Waals surface area contributed by atoms with Crippen molar-refractivity contribution >= 4 is 23.2 Å². The number of halogens is 4. The van der Waals surface area contributed by atoms with Crippen molar-refractivity contribution in [1.82, 2.24) is 15.3 Å².